The molecule has 158 valence electrons. The Labute approximate surface area is 177 Å². The van der Waals surface area contributed by atoms with E-state index in [0.717, 1.165) is 30.0 Å². The monoisotopic (exact) mass is 409 g/mol. The number of nitrogens with zero attached hydrogens (tertiary/aromatic N) is 5. The predicted molar refractivity (Wildman–Crippen MR) is 118 cm³/mol. The Morgan fingerprint density at radius 3 is 2.87 bits per heavy atom. The predicted octanol–water partition coefficient (Wildman–Crippen LogP) is 1.58. The van der Waals surface area contributed by atoms with Crippen LogP contribution in [0.1, 0.15) is 28.9 Å². The number of carbonyl (C=O) groups excluding carboxylic acids is 1. The smallest absolute Gasteiger partial charge is 0.377 e. The Balaban J connectivity index is 1.84. The van der Waals surface area contributed by atoms with E-state index in [1.165, 1.54) is 0 Å². The number of hydrogen-bond acceptors (Lipinski definition) is 7. The van der Waals surface area contributed by atoms with E-state index in [4.69, 9.17) is 9.72 Å². The maximum Gasteiger partial charge on any atom is 0.377 e. The fourth-order valence-electron chi connectivity index (χ4n) is 4.12. The molecule has 1 aromatic carbocycles. The first kappa shape index (κ1) is 20.8. The lowest BCUT2D eigenvalue weighted by Gasteiger charge is -2.32. The molecule has 1 fully saturated rings. The highest BCUT2D eigenvalue weighted by Gasteiger charge is 2.30. The van der Waals surface area contributed by atoms with Crippen LogP contribution >= 0.6 is 0 Å². The third kappa shape index (κ3) is 3.92. The molecule has 0 saturated carbocycles. The SMILES string of the molecule is CB(O)N1CC=CC1c1cc(C(=O)N(C)C)cc2ncc(N3CCO[C@H](C)C3)nc12. The second-order valence-corrected chi connectivity index (χ2v) is 8.19. The zero-order chi connectivity index (χ0) is 21.4. The van der Waals surface area contributed by atoms with Crippen molar-refractivity contribution in [1.29, 1.82) is 0 Å². The molecule has 1 N–H and O–H groups in total. The average molecular weight is 409 g/mol. The topological polar surface area (TPSA) is 82.0 Å². The van der Waals surface area contributed by atoms with Crippen molar-refractivity contribution >= 4 is 29.8 Å². The van der Waals surface area contributed by atoms with Crippen molar-refractivity contribution in [2.24, 2.45) is 0 Å². The summed E-state index contributed by atoms with van der Waals surface area (Å²) >= 11 is 0. The first-order valence-electron chi connectivity index (χ1n) is 10.3. The third-order valence-electron chi connectivity index (χ3n) is 5.67. The fraction of sp³-hybridized carbons (Fsp3) is 0.476. The van der Waals surface area contributed by atoms with Crippen LogP contribution < -0.4 is 4.90 Å². The lowest BCUT2D eigenvalue weighted by molar-refractivity contribution is 0.0529. The first-order valence-corrected chi connectivity index (χ1v) is 10.3. The molecule has 1 saturated heterocycles. The molecule has 9 heteroatoms. The lowest BCUT2D eigenvalue weighted by Crippen LogP contribution is -2.41. The standard InChI is InChI=1S/C21H28BN5O3/c1-14-13-26(8-9-30-14)19-12-23-17-11-15(21(28)25(3)4)10-16(20(17)24-19)18-6-5-7-27(18)22(2)29/h5-6,10-12,14,18,29H,7-9,13H2,1-4H3/t14-,18?/m1/s1. The Hall–Kier alpha value is -2.49. The Bertz CT molecular complexity index is 981. The molecule has 1 aromatic heterocycles. The van der Waals surface area contributed by atoms with Crippen LogP contribution in [0.25, 0.3) is 11.0 Å². The second-order valence-electron chi connectivity index (χ2n) is 8.19. The van der Waals surface area contributed by atoms with Gasteiger partial charge >= 0.3 is 7.05 Å². The number of amides is 1. The molecular weight excluding hydrogens is 381 g/mol. The molecule has 2 aliphatic heterocycles. The Morgan fingerprint density at radius 2 is 2.17 bits per heavy atom. The van der Waals surface area contributed by atoms with Crippen LogP contribution in [0.15, 0.2) is 30.5 Å². The minimum atomic E-state index is -0.621. The molecule has 1 amide bonds. The molecule has 8 nitrogen and oxygen atoms in total. The zero-order valence-corrected chi connectivity index (χ0v) is 17.9. The normalized spacial score (nSPS) is 22.0. The maximum absolute atomic E-state index is 12.7. The maximum atomic E-state index is 12.7. The van der Waals surface area contributed by atoms with E-state index in [0.29, 0.717) is 24.2 Å². The molecule has 0 radical (unpaired) electrons. The Kier molecular flexibility index (Phi) is 5.77. The van der Waals surface area contributed by atoms with Crippen LogP contribution in [0.3, 0.4) is 0 Å². The number of carbonyl (C=O) groups is 1. The summed E-state index contributed by atoms with van der Waals surface area (Å²) in [5.41, 5.74) is 2.87. The van der Waals surface area contributed by atoms with Gasteiger partial charge in [0.25, 0.3) is 5.91 Å². The van der Waals surface area contributed by atoms with Crippen LogP contribution in [0.4, 0.5) is 5.82 Å². The number of ether oxygens (including phenoxy) is 1. The molecule has 2 aromatic rings. The first-order chi connectivity index (χ1) is 14.3. The van der Waals surface area contributed by atoms with Gasteiger partial charge in [0, 0.05) is 50.9 Å². The fourth-order valence-corrected chi connectivity index (χ4v) is 4.12. The van der Waals surface area contributed by atoms with Crippen molar-refractivity contribution in [2.75, 3.05) is 45.2 Å². The quantitative estimate of drug-likeness (QED) is 0.607. The van der Waals surface area contributed by atoms with E-state index < -0.39 is 7.05 Å². The third-order valence-corrected chi connectivity index (χ3v) is 5.67. The zero-order valence-electron chi connectivity index (χ0n) is 17.9. The van der Waals surface area contributed by atoms with Gasteiger partial charge in [0.05, 0.1) is 29.9 Å². The lowest BCUT2D eigenvalue weighted by atomic mass is 9.82. The van der Waals surface area contributed by atoms with Crippen LogP contribution in [0.2, 0.25) is 6.82 Å². The highest BCUT2D eigenvalue weighted by molar-refractivity contribution is 6.45. The summed E-state index contributed by atoms with van der Waals surface area (Å²) in [6.45, 7) is 6.63. The van der Waals surface area contributed by atoms with Crippen LogP contribution in [0, 0.1) is 0 Å². The van der Waals surface area contributed by atoms with Gasteiger partial charge in [-0.15, -0.1) is 0 Å². The number of anilines is 1. The average Bonchev–Trinajstić information content (AvgIpc) is 3.22. The summed E-state index contributed by atoms with van der Waals surface area (Å²) in [5, 5.41) is 10.3. The molecular formula is C21H28BN5O3. The van der Waals surface area contributed by atoms with Gasteiger partial charge in [-0.1, -0.05) is 12.2 Å². The van der Waals surface area contributed by atoms with Crippen molar-refractivity contribution in [3.05, 3.63) is 41.6 Å². The Morgan fingerprint density at radius 1 is 1.37 bits per heavy atom. The van der Waals surface area contributed by atoms with Gasteiger partial charge in [0.2, 0.25) is 0 Å². The van der Waals surface area contributed by atoms with E-state index in [1.54, 1.807) is 38.1 Å². The second kappa shape index (κ2) is 8.33. The summed E-state index contributed by atoms with van der Waals surface area (Å²) in [4.78, 5) is 28.0. The molecule has 1 unspecified atom stereocenters. The highest BCUT2D eigenvalue weighted by atomic mass is 16.5. The van der Waals surface area contributed by atoms with Crippen LogP contribution in [0.5, 0.6) is 0 Å². The van der Waals surface area contributed by atoms with Gasteiger partial charge in [-0.05, 0) is 25.9 Å². The van der Waals surface area contributed by atoms with E-state index in [9.17, 15) is 9.82 Å². The van der Waals surface area contributed by atoms with Crippen LogP contribution in [-0.4, -0.2) is 84.1 Å². The van der Waals surface area contributed by atoms with Gasteiger partial charge in [0.1, 0.15) is 5.82 Å². The number of fused-ring (bicyclic) bond motifs is 1. The van der Waals surface area contributed by atoms with Gasteiger partial charge in [0.15, 0.2) is 0 Å². The largest absolute Gasteiger partial charge is 0.437 e. The molecule has 2 aliphatic rings. The van der Waals surface area contributed by atoms with Gasteiger partial charge in [-0.2, -0.15) is 0 Å². The van der Waals surface area contributed by atoms with Crippen molar-refractivity contribution in [1.82, 2.24) is 19.7 Å². The van der Waals surface area contributed by atoms with E-state index in [1.807, 2.05) is 17.0 Å². The van der Waals surface area contributed by atoms with Gasteiger partial charge in [-0.3, -0.25) is 9.78 Å². The molecule has 0 spiro atoms. The minimum absolute atomic E-state index is 0.0865. The number of rotatable bonds is 4. The summed E-state index contributed by atoms with van der Waals surface area (Å²) < 4.78 is 5.65. The van der Waals surface area contributed by atoms with Crippen molar-refractivity contribution in [3.8, 4) is 0 Å². The molecule has 0 bridgehead atoms. The number of morpholine rings is 1. The van der Waals surface area contributed by atoms with Crippen molar-refractivity contribution in [2.45, 2.75) is 25.9 Å². The molecule has 3 heterocycles. The van der Waals surface area contributed by atoms with Gasteiger partial charge in [-0.25, -0.2) is 4.98 Å². The number of hydrogen-bond donors (Lipinski definition) is 1. The van der Waals surface area contributed by atoms with E-state index in [2.05, 4.69) is 22.9 Å². The summed E-state index contributed by atoms with van der Waals surface area (Å²) in [6, 6.07) is 3.52. The van der Waals surface area contributed by atoms with E-state index in [-0.39, 0.29) is 18.1 Å². The number of aromatic nitrogens is 2. The van der Waals surface area contributed by atoms with Crippen molar-refractivity contribution < 1.29 is 14.6 Å². The summed E-state index contributed by atoms with van der Waals surface area (Å²) in [6.07, 6.45) is 5.99. The van der Waals surface area contributed by atoms with E-state index >= 15 is 0 Å². The molecule has 0 aliphatic carbocycles. The summed E-state index contributed by atoms with van der Waals surface area (Å²) in [5.74, 6) is 0.716. The molecule has 30 heavy (non-hydrogen) atoms. The van der Waals surface area contributed by atoms with Gasteiger partial charge < -0.3 is 24.4 Å². The highest BCUT2D eigenvalue weighted by Crippen LogP contribution is 2.33. The summed E-state index contributed by atoms with van der Waals surface area (Å²) in [7, 11) is 2.85. The van der Waals surface area contributed by atoms with Crippen molar-refractivity contribution in [3.63, 3.8) is 0 Å². The minimum Gasteiger partial charge on any atom is -0.437 e. The van der Waals surface area contributed by atoms with Crippen LogP contribution in [-0.2, 0) is 4.74 Å². The molecule has 2 atom stereocenters. The number of benzene rings is 1. The molecule has 4 rings (SSSR count).